The number of rotatable bonds is 3. The molecule has 4 nitrogen and oxygen atoms in total. The number of benzene rings is 1. The lowest BCUT2D eigenvalue weighted by atomic mass is 10.2. The van der Waals surface area contributed by atoms with Gasteiger partial charge in [-0.15, -0.1) is 4.91 Å². The third-order valence-electron chi connectivity index (χ3n) is 3.23. The quantitative estimate of drug-likeness (QED) is 0.862. The number of nitroso groups, excluding NO2 is 1. The molecular formula is C13H12FN3OS. The number of hydrogen-bond donors (Lipinski definition) is 1. The maximum Gasteiger partial charge on any atom is 0.186 e. The molecule has 1 aliphatic rings. The van der Waals surface area contributed by atoms with Crippen LogP contribution in [-0.4, -0.2) is 13.6 Å². The fraction of sp³-hybridized carbons (Fsp3) is 0.231. The van der Waals surface area contributed by atoms with Crippen molar-refractivity contribution in [2.45, 2.75) is 6.42 Å². The zero-order valence-corrected chi connectivity index (χ0v) is 11.1. The molecule has 0 unspecified atom stereocenters. The Morgan fingerprint density at radius 3 is 2.79 bits per heavy atom. The maximum atomic E-state index is 12.9. The highest BCUT2D eigenvalue weighted by Crippen LogP contribution is 2.49. The fourth-order valence-electron chi connectivity index (χ4n) is 2.29. The largest absolute Gasteiger partial charge is 0.371 e. The Balaban J connectivity index is 1.96. The summed E-state index contributed by atoms with van der Waals surface area (Å²) in [5.41, 5.74) is 2.84. The first kappa shape index (κ1) is 12.1. The predicted octanol–water partition coefficient (Wildman–Crippen LogP) is 4.02. The first-order valence-electron chi connectivity index (χ1n) is 5.92. The van der Waals surface area contributed by atoms with Crippen LogP contribution in [0.2, 0.25) is 0 Å². The molecule has 0 radical (unpaired) electrons. The summed E-state index contributed by atoms with van der Waals surface area (Å²) in [5, 5.41) is 7.75. The number of nitrogens with zero attached hydrogens (tertiary/aromatic N) is 2. The van der Waals surface area contributed by atoms with Crippen LogP contribution < -0.4 is 10.2 Å². The summed E-state index contributed by atoms with van der Waals surface area (Å²) in [7, 11) is 1.95. The Morgan fingerprint density at radius 2 is 2.11 bits per heavy atom. The van der Waals surface area contributed by atoms with E-state index in [-0.39, 0.29) is 5.82 Å². The summed E-state index contributed by atoms with van der Waals surface area (Å²) >= 11 is 1.34. The van der Waals surface area contributed by atoms with Crippen LogP contribution >= 0.6 is 11.3 Å². The molecule has 1 aliphatic heterocycles. The molecule has 98 valence electrons. The molecule has 3 rings (SSSR count). The number of likely N-dealkylation sites (N-methyl/N-ethyl adjacent to an activating group) is 1. The van der Waals surface area contributed by atoms with E-state index in [0.717, 1.165) is 34.9 Å². The van der Waals surface area contributed by atoms with Crippen LogP contribution in [-0.2, 0) is 6.42 Å². The first-order valence-corrected chi connectivity index (χ1v) is 6.73. The van der Waals surface area contributed by atoms with E-state index in [2.05, 4.69) is 10.5 Å². The highest BCUT2D eigenvalue weighted by Gasteiger charge is 2.27. The van der Waals surface area contributed by atoms with Crippen molar-refractivity contribution >= 4 is 32.7 Å². The van der Waals surface area contributed by atoms with E-state index in [9.17, 15) is 9.30 Å². The normalized spacial score (nSPS) is 13.5. The van der Waals surface area contributed by atoms with Gasteiger partial charge in [0.2, 0.25) is 0 Å². The van der Waals surface area contributed by atoms with Gasteiger partial charge in [-0.2, -0.15) is 0 Å². The Labute approximate surface area is 113 Å². The number of halogens is 1. The average Bonchev–Trinajstić information content (AvgIpc) is 2.95. The van der Waals surface area contributed by atoms with Crippen LogP contribution in [0.15, 0.2) is 29.4 Å². The number of nitrogens with one attached hydrogen (secondary N) is 1. The molecule has 1 aromatic heterocycles. The topological polar surface area (TPSA) is 44.7 Å². The minimum Gasteiger partial charge on any atom is -0.371 e. The van der Waals surface area contributed by atoms with Crippen molar-refractivity contribution in [3.05, 3.63) is 40.6 Å². The van der Waals surface area contributed by atoms with Crippen LogP contribution in [0.4, 0.5) is 25.8 Å². The van der Waals surface area contributed by atoms with E-state index in [1.807, 2.05) is 11.9 Å². The van der Waals surface area contributed by atoms with Gasteiger partial charge in [0.15, 0.2) is 5.00 Å². The lowest BCUT2D eigenvalue weighted by molar-refractivity contribution is 0.628. The van der Waals surface area contributed by atoms with E-state index in [0.29, 0.717) is 5.00 Å². The number of thiophene rings is 1. The van der Waals surface area contributed by atoms with Gasteiger partial charge in [0.1, 0.15) is 10.8 Å². The zero-order chi connectivity index (χ0) is 13.4. The molecule has 0 spiro atoms. The molecule has 1 N–H and O–H groups in total. The molecule has 2 aromatic rings. The lowest BCUT2D eigenvalue weighted by Gasteiger charge is -2.09. The van der Waals surface area contributed by atoms with Crippen LogP contribution in [0.5, 0.6) is 0 Å². The number of anilines is 3. The van der Waals surface area contributed by atoms with E-state index in [4.69, 9.17) is 0 Å². The molecule has 0 bridgehead atoms. The van der Waals surface area contributed by atoms with Crippen molar-refractivity contribution in [1.82, 2.24) is 0 Å². The second-order valence-electron chi connectivity index (χ2n) is 4.46. The second-order valence-corrected chi connectivity index (χ2v) is 5.46. The highest BCUT2D eigenvalue weighted by atomic mass is 32.1. The summed E-state index contributed by atoms with van der Waals surface area (Å²) in [6, 6.07) is 6.16. The monoisotopic (exact) mass is 277 g/mol. The molecule has 0 saturated heterocycles. The van der Waals surface area contributed by atoms with Crippen molar-refractivity contribution in [2.75, 3.05) is 23.8 Å². The van der Waals surface area contributed by atoms with Gasteiger partial charge in [0.25, 0.3) is 0 Å². The van der Waals surface area contributed by atoms with Crippen molar-refractivity contribution in [1.29, 1.82) is 0 Å². The predicted molar refractivity (Wildman–Crippen MR) is 76.4 cm³/mol. The summed E-state index contributed by atoms with van der Waals surface area (Å²) in [6.45, 7) is 0.888. The van der Waals surface area contributed by atoms with E-state index in [1.165, 1.54) is 23.5 Å². The Morgan fingerprint density at radius 1 is 1.37 bits per heavy atom. The molecule has 6 heteroatoms. The lowest BCUT2D eigenvalue weighted by Crippen LogP contribution is -2.12. The SMILES string of the molecule is CN1CCc2c(Nc3ccc(F)cc3)sc(N=O)c21. The van der Waals surface area contributed by atoms with E-state index in [1.54, 1.807) is 12.1 Å². The molecule has 0 atom stereocenters. The van der Waals surface area contributed by atoms with Crippen LogP contribution in [0.1, 0.15) is 5.56 Å². The van der Waals surface area contributed by atoms with Crippen LogP contribution in [0.25, 0.3) is 0 Å². The Kier molecular flexibility index (Phi) is 2.94. The molecule has 2 heterocycles. The summed E-state index contributed by atoms with van der Waals surface area (Å²) < 4.78 is 12.9. The van der Waals surface area contributed by atoms with Gasteiger partial charge in [-0.25, -0.2) is 4.39 Å². The number of hydrogen-bond acceptors (Lipinski definition) is 5. The van der Waals surface area contributed by atoms with Gasteiger partial charge >= 0.3 is 0 Å². The minimum absolute atomic E-state index is 0.267. The third kappa shape index (κ3) is 2.08. The standard InChI is InChI=1S/C13H12FN3OS/c1-17-7-6-10-11(17)13(16-18)19-12(10)15-9-4-2-8(14)3-5-9/h2-5,15H,6-7H2,1H3. The summed E-state index contributed by atoms with van der Waals surface area (Å²) in [6.07, 6.45) is 0.890. The molecular weight excluding hydrogens is 265 g/mol. The first-order chi connectivity index (χ1) is 9.19. The van der Waals surface area contributed by atoms with Gasteiger partial charge in [0, 0.05) is 24.8 Å². The van der Waals surface area contributed by atoms with Gasteiger partial charge < -0.3 is 10.2 Å². The van der Waals surface area contributed by atoms with Gasteiger partial charge in [-0.05, 0) is 35.9 Å². The van der Waals surface area contributed by atoms with Crippen molar-refractivity contribution < 1.29 is 4.39 Å². The van der Waals surface area contributed by atoms with Gasteiger partial charge in [-0.3, -0.25) is 0 Å². The van der Waals surface area contributed by atoms with Gasteiger partial charge in [-0.1, -0.05) is 11.3 Å². The van der Waals surface area contributed by atoms with Crippen LogP contribution in [0, 0.1) is 10.7 Å². The number of fused-ring (bicyclic) bond motifs is 1. The Hall–Kier alpha value is -1.95. The zero-order valence-electron chi connectivity index (χ0n) is 10.3. The fourth-order valence-corrected chi connectivity index (χ4v) is 3.38. The van der Waals surface area contributed by atoms with Crippen molar-refractivity contribution in [2.24, 2.45) is 5.18 Å². The van der Waals surface area contributed by atoms with Crippen LogP contribution in [0.3, 0.4) is 0 Å². The molecule has 19 heavy (non-hydrogen) atoms. The van der Waals surface area contributed by atoms with Crippen molar-refractivity contribution in [3.8, 4) is 0 Å². The Bertz CT molecular complexity index is 624. The van der Waals surface area contributed by atoms with E-state index < -0.39 is 0 Å². The average molecular weight is 277 g/mol. The second kappa shape index (κ2) is 4.62. The molecule has 0 fully saturated rings. The van der Waals surface area contributed by atoms with Gasteiger partial charge in [0.05, 0.1) is 5.69 Å². The summed E-state index contributed by atoms with van der Waals surface area (Å²) in [5.74, 6) is -0.267. The minimum atomic E-state index is -0.267. The molecule has 1 aromatic carbocycles. The molecule has 0 aliphatic carbocycles. The summed E-state index contributed by atoms with van der Waals surface area (Å²) in [4.78, 5) is 12.9. The highest BCUT2D eigenvalue weighted by molar-refractivity contribution is 7.20. The van der Waals surface area contributed by atoms with E-state index >= 15 is 0 Å². The smallest absolute Gasteiger partial charge is 0.186 e. The molecule has 0 saturated carbocycles. The third-order valence-corrected chi connectivity index (χ3v) is 4.24. The maximum absolute atomic E-state index is 12.9. The molecule has 0 amide bonds. The van der Waals surface area contributed by atoms with Crippen molar-refractivity contribution in [3.63, 3.8) is 0 Å².